The zero-order chi connectivity index (χ0) is 7.98. The Morgan fingerprint density at radius 1 is 1.80 bits per heavy atom. The van der Waals surface area contributed by atoms with E-state index in [0.717, 1.165) is 0 Å². The summed E-state index contributed by atoms with van der Waals surface area (Å²) in [5, 5.41) is 9.59. The number of nitrogens with zero attached hydrogens (tertiary/aromatic N) is 2. The van der Waals surface area contributed by atoms with Gasteiger partial charge in [0.25, 0.3) is 0 Å². The maximum atomic E-state index is 9.88. The average Bonchev–Trinajstić information content (AvgIpc) is 1.82. The van der Waals surface area contributed by atoms with Crippen LogP contribution in [0.25, 0.3) is 0 Å². The third-order valence-electron chi connectivity index (χ3n) is 0.538. The maximum Gasteiger partial charge on any atom is 0.234 e. The first-order valence-electron chi connectivity index (χ1n) is 2.35. The standard InChI is InChI=1S/C3H9N4O3/c1-6-2-9-3(4)10-7(5)8/h3H,1-2,4-5H2/q-1. The SMILES string of the molecule is C=NCOC(N)ON(N)[O-]. The normalized spacial score (nSPS) is 13.6. The second-order valence-electron chi connectivity index (χ2n) is 1.28. The van der Waals surface area contributed by atoms with E-state index >= 15 is 0 Å². The molecule has 7 nitrogen and oxygen atoms in total. The predicted molar refractivity (Wildman–Crippen MR) is 34.0 cm³/mol. The van der Waals surface area contributed by atoms with Gasteiger partial charge in [-0.1, -0.05) is 0 Å². The van der Waals surface area contributed by atoms with Gasteiger partial charge in [0.2, 0.25) is 6.41 Å². The molecule has 10 heavy (non-hydrogen) atoms. The van der Waals surface area contributed by atoms with Crippen molar-refractivity contribution in [3.05, 3.63) is 5.21 Å². The van der Waals surface area contributed by atoms with Gasteiger partial charge in [-0.3, -0.25) is 16.6 Å². The van der Waals surface area contributed by atoms with Crippen LogP contribution in [0.2, 0.25) is 0 Å². The number of rotatable bonds is 5. The van der Waals surface area contributed by atoms with E-state index in [1.165, 1.54) is 0 Å². The van der Waals surface area contributed by atoms with Crippen LogP contribution in [0.15, 0.2) is 4.99 Å². The second-order valence-corrected chi connectivity index (χ2v) is 1.28. The van der Waals surface area contributed by atoms with E-state index in [-0.39, 0.29) is 12.1 Å². The van der Waals surface area contributed by atoms with Crippen molar-refractivity contribution in [2.75, 3.05) is 6.73 Å². The molecule has 1 atom stereocenters. The van der Waals surface area contributed by atoms with Crippen molar-refractivity contribution in [3.63, 3.8) is 0 Å². The molecule has 0 aliphatic heterocycles. The molecule has 0 heterocycles. The lowest BCUT2D eigenvalue weighted by Crippen LogP contribution is -2.37. The fourth-order valence-electron chi connectivity index (χ4n) is 0.259. The van der Waals surface area contributed by atoms with Crippen molar-refractivity contribution in [2.45, 2.75) is 6.41 Å². The van der Waals surface area contributed by atoms with E-state index in [9.17, 15) is 5.21 Å². The molecule has 0 aromatic rings. The minimum Gasteiger partial charge on any atom is -0.748 e. The minimum absolute atomic E-state index is 0.0466. The summed E-state index contributed by atoms with van der Waals surface area (Å²) in [5.41, 5.74) is 5.01. The monoisotopic (exact) mass is 149 g/mol. The third kappa shape index (κ3) is 5.56. The average molecular weight is 149 g/mol. The van der Waals surface area contributed by atoms with Gasteiger partial charge in [-0.15, -0.1) is 0 Å². The van der Waals surface area contributed by atoms with Gasteiger partial charge in [-0.25, -0.2) is 4.84 Å². The molecule has 0 rings (SSSR count). The van der Waals surface area contributed by atoms with Crippen molar-refractivity contribution in [2.24, 2.45) is 16.6 Å². The van der Waals surface area contributed by atoms with Crippen LogP contribution in [0.4, 0.5) is 0 Å². The van der Waals surface area contributed by atoms with Gasteiger partial charge in [-0.2, -0.15) is 5.34 Å². The molecular formula is C3H9N4O3-. The fourth-order valence-corrected chi connectivity index (χ4v) is 0.259. The largest absolute Gasteiger partial charge is 0.748 e. The number of hydrazine groups is 1. The topological polar surface area (TPSA) is 109 Å². The highest BCUT2D eigenvalue weighted by Crippen LogP contribution is 1.86. The molecule has 0 aliphatic carbocycles. The van der Waals surface area contributed by atoms with Crippen molar-refractivity contribution in [1.29, 1.82) is 0 Å². The van der Waals surface area contributed by atoms with E-state index in [0.29, 0.717) is 0 Å². The minimum atomic E-state index is -1.20. The van der Waals surface area contributed by atoms with Gasteiger partial charge >= 0.3 is 0 Å². The van der Waals surface area contributed by atoms with Gasteiger partial charge in [0.1, 0.15) is 6.73 Å². The van der Waals surface area contributed by atoms with E-state index in [2.05, 4.69) is 27.1 Å². The Balaban J connectivity index is 3.24. The van der Waals surface area contributed by atoms with Gasteiger partial charge in [-0.05, 0) is 6.72 Å². The maximum absolute atomic E-state index is 9.88. The van der Waals surface area contributed by atoms with Crippen LogP contribution in [-0.2, 0) is 9.57 Å². The van der Waals surface area contributed by atoms with Crippen LogP contribution < -0.4 is 11.6 Å². The smallest absolute Gasteiger partial charge is 0.234 e. The van der Waals surface area contributed by atoms with Crippen LogP contribution in [0.3, 0.4) is 0 Å². The summed E-state index contributed by atoms with van der Waals surface area (Å²) in [6.07, 6.45) is -1.20. The van der Waals surface area contributed by atoms with Crippen LogP contribution in [0.1, 0.15) is 0 Å². The summed E-state index contributed by atoms with van der Waals surface area (Å²) in [4.78, 5) is 7.36. The van der Waals surface area contributed by atoms with Crippen molar-refractivity contribution in [1.82, 2.24) is 5.34 Å². The number of hydrogen-bond donors (Lipinski definition) is 2. The molecule has 0 amide bonds. The van der Waals surface area contributed by atoms with Crippen molar-refractivity contribution in [3.8, 4) is 0 Å². The highest BCUT2D eigenvalue weighted by Gasteiger charge is 1.99. The number of nitrogens with two attached hydrogens (primary N) is 2. The molecule has 0 aromatic heterocycles. The molecule has 1 unspecified atom stereocenters. The lowest BCUT2D eigenvalue weighted by Gasteiger charge is -2.23. The van der Waals surface area contributed by atoms with Crippen molar-refractivity contribution < 1.29 is 9.57 Å². The molecule has 0 radical (unpaired) electrons. The quantitative estimate of drug-likeness (QED) is 0.213. The van der Waals surface area contributed by atoms with Gasteiger partial charge in [0.05, 0.1) is 0 Å². The lowest BCUT2D eigenvalue weighted by atomic mass is 11.1. The first kappa shape index (κ1) is 9.43. The first-order chi connectivity index (χ1) is 4.66. The first-order valence-corrected chi connectivity index (χ1v) is 2.35. The van der Waals surface area contributed by atoms with Crippen molar-refractivity contribution >= 4 is 6.72 Å². The summed E-state index contributed by atoms with van der Waals surface area (Å²) in [7, 11) is 0. The Kier molecular flexibility index (Phi) is 4.94. The van der Waals surface area contributed by atoms with Crippen LogP contribution in [0.5, 0.6) is 0 Å². The van der Waals surface area contributed by atoms with E-state index in [1.807, 2.05) is 0 Å². The molecule has 60 valence electrons. The van der Waals surface area contributed by atoms with Crippen LogP contribution >= 0.6 is 0 Å². The number of ether oxygens (including phenoxy) is 1. The van der Waals surface area contributed by atoms with E-state index < -0.39 is 6.41 Å². The Hall–Kier alpha value is -0.570. The lowest BCUT2D eigenvalue weighted by molar-refractivity contribution is -0.258. The Labute approximate surface area is 57.7 Å². The molecule has 4 N–H and O–H groups in total. The highest BCUT2D eigenvalue weighted by molar-refractivity contribution is 5.22. The molecule has 0 saturated heterocycles. The summed E-state index contributed by atoms with van der Waals surface area (Å²) in [5.74, 6) is 4.51. The molecular weight excluding hydrogens is 140 g/mol. The van der Waals surface area contributed by atoms with E-state index in [4.69, 9.17) is 5.73 Å². The zero-order valence-electron chi connectivity index (χ0n) is 5.27. The summed E-state index contributed by atoms with van der Waals surface area (Å²) in [6, 6.07) is 0. The molecule has 0 aliphatic rings. The predicted octanol–water partition coefficient (Wildman–Crippen LogP) is -1.49. The summed E-state index contributed by atoms with van der Waals surface area (Å²) in [6.45, 7) is 3.06. The van der Waals surface area contributed by atoms with Gasteiger partial charge in [0.15, 0.2) is 0 Å². The van der Waals surface area contributed by atoms with Crippen LogP contribution in [-0.4, -0.2) is 25.2 Å². The Morgan fingerprint density at radius 3 is 2.80 bits per heavy atom. The molecule has 0 aromatic carbocycles. The third-order valence-corrected chi connectivity index (χ3v) is 0.538. The van der Waals surface area contributed by atoms with Gasteiger partial charge < -0.3 is 9.94 Å². The summed E-state index contributed by atoms with van der Waals surface area (Å²) >= 11 is 0. The van der Waals surface area contributed by atoms with E-state index in [1.54, 1.807) is 0 Å². The number of aliphatic imine (C=N–C) groups is 1. The molecule has 0 fully saturated rings. The second kappa shape index (κ2) is 5.23. The fraction of sp³-hybridized carbons (Fsp3) is 0.667. The highest BCUT2D eigenvalue weighted by atomic mass is 17.0. The molecule has 0 bridgehead atoms. The number of hydrogen-bond acceptors (Lipinski definition) is 7. The van der Waals surface area contributed by atoms with Crippen LogP contribution in [0, 0.1) is 5.21 Å². The zero-order valence-corrected chi connectivity index (χ0v) is 5.27. The molecule has 7 heteroatoms. The molecule has 0 saturated carbocycles. The summed E-state index contributed by atoms with van der Waals surface area (Å²) < 4.78 is 4.51. The molecule has 0 spiro atoms. The Bertz CT molecular complexity index is 97.7. The Morgan fingerprint density at radius 2 is 2.40 bits per heavy atom. The van der Waals surface area contributed by atoms with Gasteiger partial charge in [0, 0.05) is 0 Å².